The molecule has 0 saturated heterocycles. The number of carbonyl (C=O) groups excluding carboxylic acids is 1. The molecule has 0 aromatic carbocycles. The van der Waals surface area contributed by atoms with Gasteiger partial charge in [0.25, 0.3) is 0 Å². The third-order valence-corrected chi connectivity index (χ3v) is 15.4. The number of phosphoric ester groups is 1. The summed E-state index contributed by atoms with van der Waals surface area (Å²) in [6, 6.07) is -0.870. The standard InChI is InChI=1S/C66H125N2O6P/c1-6-8-10-12-14-16-18-20-22-24-25-26-27-28-29-30-31-32-33-34-35-36-37-38-39-40-41-42-43-44-46-48-50-52-54-56-58-60-66(70)67-64(63-74-75(71,72)73-62-61-68(3,4)5)65(69)59-57-55-53-51-49-47-45-23-21-19-17-15-13-11-9-7-2/h18,20-21,23-25,49,51,57,59,64-65,69H,6-17,19,22,26-48,50,52-56,58,60-63H2,1-5H3,(H-,67,70,71,72)/p+1/b20-18-,23-21+,25-24-,51-49+,59-57+. The quantitative estimate of drug-likeness (QED) is 0.0243. The minimum absolute atomic E-state index is 0.0537. The van der Waals surface area contributed by atoms with Crippen LogP contribution < -0.4 is 5.32 Å². The summed E-state index contributed by atoms with van der Waals surface area (Å²) in [5, 5.41) is 13.9. The number of carbonyl (C=O) groups is 1. The number of hydrogen-bond acceptors (Lipinski definition) is 5. The Labute approximate surface area is 466 Å². The Balaban J connectivity index is 3.98. The molecule has 0 aliphatic carbocycles. The Morgan fingerprint density at radius 3 is 1.15 bits per heavy atom. The van der Waals surface area contributed by atoms with E-state index in [-0.39, 0.29) is 19.1 Å². The van der Waals surface area contributed by atoms with Gasteiger partial charge in [-0.2, -0.15) is 0 Å². The maximum Gasteiger partial charge on any atom is 0.472 e. The normalized spacial score (nSPS) is 14.2. The number of rotatable bonds is 59. The number of allylic oxidation sites excluding steroid dienone is 9. The largest absolute Gasteiger partial charge is 0.472 e. The zero-order chi connectivity index (χ0) is 54.9. The number of aliphatic hydroxyl groups excluding tert-OH is 1. The average molecular weight is 1070 g/mol. The van der Waals surface area contributed by atoms with Crippen LogP contribution in [0.4, 0.5) is 0 Å². The Kier molecular flexibility index (Phi) is 55.5. The Morgan fingerprint density at radius 1 is 0.453 bits per heavy atom. The molecule has 0 fully saturated rings. The topological polar surface area (TPSA) is 105 Å². The molecule has 9 heteroatoms. The lowest BCUT2D eigenvalue weighted by Crippen LogP contribution is -2.45. The number of unbranched alkanes of at least 4 members (excludes halogenated alkanes) is 38. The van der Waals surface area contributed by atoms with E-state index in [1.165, 1.54) is 231 Å². The molecule has 0 aliphatic rings. The molecule has 0 heterocycles. The Bertz CT molecular complexity index is 1400. The van der Waals surface area contributed by atoms with Crippen molar-refractivity contribution in [3.8, 4) is 0 Å². The Hall–Kier alpha value is -1.80. The molecule has 440 valence electrons. The van der Waals surface area contributed by atoms with Crippen molar-refractivity contribution in [2.75, 3.05) is 40.9 Å². The molecule has 0 aromatic heterocycles. The second-order valence-corrected chi connectivity index (χ2v) is 24.6. The van der Waals surface area contributed by atoms with Gasteiger partial charge < -0.3 is 19.8 Å². The van der Waals surface area contributed by atoms with E-state index in [9.17, 15) is 19.4 Å². The highest BCUT2D eigenvalue weighted by atomic mass is 31.2. The van der Waals surface area contributed by atoms with Gasteiger partial charge in [-0.1, -0.05) is 280 Å². The third kappa shape index (κ3) is 59.7. The van der Waals surface area contributed by atoms with E-state index in [1.807, 2.05) is 27.2 Å². The fourth-order valence-electron chi connectivity index (χ4n) is 9.40. The molecule has 3 N–H and O–H groups in total. The molecule has 0 rings (SSSR count). The van der Waals surface area contributed by atoms with Crippen LogP contribution >= 0.6 is 7.82 Å². The first-order valence-electron chi connectivity index (χ1n) is 32.2. The summed E-state index contributed by atoms with van der Waals surface area (Å²) in [5.74, 6) is -0.187. The molecule has 0 radical (unpaired) electrons. The van der Waals surface area contributed by atoms with E-state index in [0.29, 0.717) is 17.4 Å². The van der Waals surface area contributed by atoms with E-state index in [2.05, 4.69) is 67.8 Å². The summed E-state index contributed by atoms with van der Waals surface area (Å²) in [6.07, 6.45) is 77.9. The molecule has 0 spiro atoms. The summed E-state index contributed by atoms with van der Waals surface area (Å²) >= 11 is 0. The van der Waals surface area contributed by atoms with E-state index in [0.717, 1.165) is 51.4 Å². The van der Waals surface area contributed by atoms with Crippen molar-refractivity contribution in [2.45, 2.75) is 315 Å². The van der Waals surface area contributed by atoms with Gasteiger partial charge in [-0.25, -0.2) is 4.57 Å². The van der Waals surface area contributed by atoms with Gasteiger partial charge in [0, 0.05) is 6.42 Å². The SMILES string of the molecule is CCCCCCC/C=C\C/C=C\CCCCCCCCCCCCCCCCCCCCCCCCCCCC(=O)NC(COP(=O)(O)OCC[N+](C)(C)C)C(O)/C=C/CC/C=C/CC/C=C/CCCCCCCC. The number of nitrogens with zero attached hydrogens (tertiary/aromatic N) is 1. The van der Waals surface area contributed by atoms with Gasteiger partial charge in [-0.05, 0) is 77.0 Å². The first-order valence-corrected chi connectivity index (χ1v) is 33.7. The zero-order valence-corrected chi connectivity index (χ0v) is 51.2. The number of likely N-dealkylation sites (N-methyl/N-ethyl adjacent to an activating group) is 1. The second kappa shape index (κ2) is 56.9. The van der Waals surface area contributed by atoms with Crippen molar-refractivity contribution in [2.24, 2.45) is 0 Å². The van der Waals surface area contributed by atoms with E-state index in [1.54, 1.807) is 6.08 Å². The van der Waals surface area contributed by atoms with Gasteiger partial charge in [-0.15, -0.1) is 0 Å². The first-order chi connectivity index (χ1) is 36.5. The van der Waals surface area contributed by atoms with Gasteiger partial charge in [0.1, 0.15) is 13.2 Å². The Morgan fingerprint density at radius 2 is 0.773 bits per heavy atom. The van der Waals surface area contributed by atoms with Crippen molar-refractivity contribution in [1.29, 1.82) is 0 Å². The van der Waals surface area contributed by atoms with E-state index in [4.69, 9.17) is 9.05 Å². The van der Waals surface area contributed by atoms with Gasteiger partial charge in [-0.3, -0.25) is 13.8 Å². The molecule has 0 aliphatic heterocycles. The molecule has 0 aromatic rings. The van der Waals surface area contributed by atoms with E-state index >= 15 is 0 Å². The number of hydrogen-bond donors (Lipinski definition) is 3. The van der Waals surface area contributed by atoms with Crippen LogP contribution in [-0.4, -0.2) is 73.4 Å². The monoisotopic (exact) mass is 1070 g/mol. The predicted molar refractivity (Wildman–Crippen MR) is 327 cm³/mol. The average Bonchev–Trinajstić information content (AvgIpc) is 3.37. The van der Waals surface area contributed by atoms with Crippen LogP contribution in [0.3, 0.4) is 0 Å². The van der Waals surface area contributed by atoms with E-state index < -0.39 is 20.0 Å². The van der Waals surface area contributed by atoms with Crippen LogP contribution in [0.2, 0.25) is 0 Å². The highest BCUT2D eigenvalue weighted by molar-refractivity contribution is 7.47. The van der Waals surface area contributed by atoms with Crippen LogP contribution in [-0.2, 0) is 18.4 Å². The highest BCUT2D eigenvalue weighted by Gasteiger charge is 2.27. The fourth-order valence-corrected chi connectivity index (χ4v) is 10.1. The molecule has 1 amide bonds. The zero-order valence-electron chi connectivity index (χ0n) is 50.3. The maximum absolute atomic E-state index is 13.0. The first kappa shape index (κ1) is 73.2. The second-order valence-electron chi connectivity index (χ2n) is 23.1. The molecule has 0 bridgehead atoms. The van der Waals surface area contributed by atoms with Crippen LogP contribution in [0.25, 0.3) is 0 Å². The fraction of sp³-hybridized carbons (Fsp3) is 0.833. The molecule has 3 unspecified atom stereocenters. The predicted octanol–water partition coefficient (Wildman–Crippen LogP) is 20.0. The maximum atomic E-state index is 13.0. The minimum Gasteiger partial charge on any atom is -0.387 e. The molecule has 8 nitrogen and oxygen atoms in total. The highest BCUT2D eigenvalue weighted by Crippen LogP contribution is 2.43. The minimum atomic E-state index is -4.36. The lowest BCUT2D eigenvalue weighted by Gasteiger charge is -2.25. The summed E-state index contributed by atoms with van der Waals surface area (Å²) in [5.41, 5.74) is 0. The van der Waals surface area contributed by atoms with Crippen LogP contribution in [0.5, 0.6) is 0 Å². The summed E-state index contributed by atoms with van der Waals surface area (Å²) in [7, 11) is 1.55. The summed E-state index contributed by atoms with van der Waals surface area (Å²) in [4.78, 5) is 23.3. The van der Waals surface area contributed by atoms with Crippen LogP contribution in [0.1, 0.15) is 303 Å². The van der Waals surface area contributed by atoms with Crippen molar-refractivity contribution in [3.63, 3.8) is 0 Å². The number of aliphatic hydroxyl groups is 1. The van der Waals surface area contributed by atoms with Crippen molar-refractivity contribution >= 4 is 13.7 Å². The van der Waals surface area contributed by atoms with Crippen LogP contribution in [0.15, 0.2) is 60.8 Å². The number of nitrogens with one attached hydrogen (secondary N) is 1. The van der Waals surface area contributed by atoms with Crippen molar-refractivity contribution in [1.82, 2.24) is 5.32 Å². The molecule has 0 saturated carbocycles. The van der Waals surface area contributed by atoms with Crippen LogP contribution in [0, 0.1) is 0 Å². The summed E-state index contributed by atoms with van der Waals surface area (Å²) < 4.78 is 23.7. The summed E-state index contributed by atoms with van der Waals surface area (Å²) in [6.45, 7) is 4.79. The van der Waals surface area contributed by atoms with Crippen molar-refractivity contribution in [3.05, 3.63) is 60.8 Å². The lowest BCUT2D eigenvalue weighted by atomic mass is 10.0. The molecule has 75 heavy (non-hydrogen) atoms. The van der Waals surface area contributed by atoms with Crippen molar-refractivity contribution < 1.29 is 32.9 Å². The van der Waals surface area contributed by atoms with Gasteiger partial charge in [0.2, 0.25) is 5.91 Å². The van der Waals surface area contributed by atoms with Gasteiger partial charge >= 0.3 is 7.82 Å². The molecular formula is C66H126N2O6P+. The smallest absolute Gasteiger partial charge is 0.387 e. The third-order valence-electron chi connectivity index (χ3n) is 14.4. The lowest BCUT2D eigenvalue weighted by molar-refractivity contribution is -0.870. The number of amides is 1. The molecular weight excluding hydrogens is 948 g/mol. The number of phosphoric acid groups is 1. The number of quaternary nitrogens is 1. The van der Waals surface area contributed by atoms with Gasteiger partial charge in [0.05, 0.1) is 39.9 Å². The molecule has 3 atom stereocenters. The van der Waals surface area contributed by atoms with Gasteiger partial charge in [0.15, 0.2) is 0 Å².